The highest BCUT2D eigenvalue weighted by Crippen LogP contribution is 2.61. The Morgan fingerprint density at radius 1 is 1.08 bits per heavy atom. The average molecular weight is 515 g/mol. The maximum Gasteiger partial charge on any atom is 0.407 e. The van der Waals surface area contributed by atoms with Gasteiger partial charge < -0.3 is 20.1 Å². The number of hydrogen-bond donors (Lipinski definition) is 2. The molecule has 208 valence electrons. The number of ketones is 1. The molecule has 5 unspecified atom stereocenters. The van der Waals surface area contributed by atoms with Gasteiger partial charge in [0.05, 0.1) is 7.11 Å². The minimum absolute atomic E-state index is 0.0360. The zero-order chi connectivity index (χ0) is 27.6. The number of Topliss-reactive ketones (excluding diaryl/α,β-unsaturated/α-hetero) is 1. The van der Waals surface area contributed by atoms with Gasteiger partial charge in [-0.15, -0.1) is 0 Å². The molecule has 2 saturated carbocycles. The van der Waals surface area contributed by atoms with Crippen LogP contribution >= 0.6 is 0 Å². The van der Waals surface area contributed by atoms with Crippen LogP contribution in [0.2, 0.25) is 0 Å². The van der Waals surface area contributed by atoms with Gasteiger partial charge >= 0.3 is 6.09 Å². The van der Waals surface area contributed by atoms with Gasteiger partial charge in [-0.1, -0.05) is 34.1 Å². The molecule has 0 radical (unpaired) electrons. The Morgan fingerprint density at radius 3 is 2.43 bits per heavy atom. The highest BCUT2D eigenvalue weighted by molar-refractivity contribution is 5.99. The van der Waals surface area contributed by atoms with Crippen molar-refractivity contribution in [2.45, 2.75) is 99.1 Å². The maximum atomic E-state index is 14.3. The number of rotatable bonds is 8. The lowest BCUT2D eigenvalue weighted by Gasteiger charge is -2.60. The molecule has 2 aliphatic rings. The summed E-state index contributed by atoms with van der Waals surface area (Å²) < 4.78 is 10.8. The van der Waals surface area contributed by atoms with Gasteiger partial charge in [0.2, 0.25) is 0 Å². The van der Waals surface area contributed by atoms with E-state index in [1.807, 2.05) is 45.9 Å². The third kappa shape index (κ3) is 6.87. The molecule has 1 amide bonds. The van der Waals surface area contributed by atoms with Crippen LogP contribution in [0.25, 0.3) is 0 Å². The molecule has 5 atom stereocenters. The third-order valence-corrected chi connectivity index (χ3v) is 8.92. The second kappa shape index (κ2) is 11.3. The van der Waals surface area contributed by atoms with E-state index in [1.54, 1.807) is 7.11 Å². The molecule has 0 saturated heterocycles. The van der Waals surface area contributed by atoms with Crippen LogP contribution in [0.15, 0.2) is 18.2 Å². The Bertz CT molecular complexity index is 966. The van der Waals surface area contributed by atoms with Crippen molar-refractivity contribution in [1.29, 1.82) is 0 Å². The van der Waals surface area contributed by atoms with Crippen LogP contribution in [0.5, 0.6) is 5.75 Å². The second-order valence-electron chi connectivity index (χ2n) is 13.4. The Balaban J connectivity index is 1.77. The van der Waals surface area contributed by atoms with E-state index in [1.165, 1.54) is 12.8 Å². The van der Waals surface area contributed by atoms with Gasteiger partial charge in [-0.2, -0.15) is 0 Å². The Hall–Kier alpha value is -2.08. The van der Waals surface area contributed by atoms with E-state index in [-0.39, 0.29) is 40.6 Å². The summed E-state index contributed by atoms with van der Waals surface area (Å²) in [7, 11) is 1.66. The van der Waals surface area contributed by atoms with Crippen LogP contribution in [0, 0.1) is 35.5 Å². The minimum atomic E-state index is -0.498. The molecule has 2 N–H and O–H groups in total. The summed E-state index contributed by atoms with van der Waals surface area (Å²) in [5.41, 5.74) is 1.46. The zero-order valence-corrected chi connectivity index (χ0v) is 24.6. The molecule has 3 rings (SSSR count). The molecule has 0 spiro atoms. The van der Waals surface area contributed by atoms with Crippen LogP contribution in [0.3, 0.4) is 0 Å². The first kappa shape index (κ1) is 29.5. The number of carbonyl (C=O) groups excluding carboxylic acids is 2. The van der Waals surface area contributed by atoms with Gasteiger partial charge in [-0.3, -0.25) is 4.79 Å². The van der Waals surface area contributed by atoms with Crippen LogP contribution in [-0.4, -0.2) is 43.7 Å². The van der Waals surface area contributed by atoms with E-state index < -0.39 is 5.60 Å². The summed E-state index contributed by atoms with van der Waals surface area (Å²) in [5.74, 6) is 1.59. The zero-order valence-electron chi connectivity index (χ0n) is 24.6. The summed E-state index contributed by atoms with van der Waals surface area (Å²) >= 11 is 0. The number of amides is 1. The second-order valence-corrected chi connectivity index (χ2v) is 13.4. The van der Waals surface area contributed by atoms with Gasteiger partial charge in [-0.25, -0.2) is 4.79 Å². The summed E-state index contributed by atoms with van der Waals surface area (Å²) in [6.07, 6.45) is 4.97. The first-order chi connectivity index (χ1) is 17.2. The molecule has 0 aromatic heterocycles. The first-order valence-corrected chi connectivity index (χ1v) is 14.1. The molecule has 37 heavy (non-hydrogen) atoms. The highest BCUT2D eigenvalue weighted by atomic mass is 16.6. The largest absolute Gasteiger partial charge is 0.497 e. The molecular formula is C31H50N2O4. The van der Waals surface area contributed by atoms with Crippen molar-refractivity contribution in [2.24, 2.45) is 28.6 Å². The monoisotopic (exact) mass is 514 g/mol. The number of fused-ring (bicyclic) bond motifs is 1. The fraction of sp³-hybridized carbons (Fsp3) is 0.742. The highest BCUT2D eigenvalue weighted by Gasteiger charge is 2.58. The molecule has 2 aliphatic carbocycles. The molecule has 0 aliphatic heterocycles. The molecular weight excluding hydrogens is 464 g/mol. The van der Waals surface area contributed by atoms with Crippen molar-refractivity contribution in [3.05, 3.63) is 29.3 Å². The number of alkyl carbamates (subject to hydrolysis) is 1. The molecule has 6 heteroatoms. The van der Waals surface area contributed by atoms with Crippen LogP contribution < -0.4 is 15.4 Å². The summed E-state index contributed by atoms with van der Waals surface area (Å²) in [6, 6.07) is 6.15. The van der Waals surface area contributed by atoms with Crippen molar-refractivity contribution in [3.8, 4) is 5.75 Å². The van der Waals surface area contributed by atoms with Crippen LogP contribution in [0.4, 0.5) is 4.79 Å². The lowest BCUT2D eigenvalue weighted by molar-refractivity contribution is -0.0914. The molecule has 0 heterocycles. The van der Waals surface area contributed by atoms with Crippen molar-refractivity contribution >= 4 is 11.9 Å². The molecule has 1 aromatic carbocycles. The summed E-state index contributed by atoms with van der Waals surface area (Å²) in [6.45, 7) is 18.4. The van der Waals surface area contributed by atoms with Crippen LogP contribution in [-0.2, 0) is 4.74 Å². The van der Waals surface area contributed by atoms with Gasteiger partial charge in [0.15, 0.2) is 5.78 Å². The van der Waals surface area contributed by atoms with E-state index in [0.29, 0.717) is 12.5 Å². The first-order valence-electron chi connectivity index (χ1n) is 14.1. The average Bonchev–Trinajstić information content (AvgIpc) is 2.77. The normalized spacial score (nSPS) is 29.2. The number of aryl methyl sites for hydroxylation is 1. The number of methoxy groups -OCH3 is 1. The lowest BCUT2D eigenvalue weighted by Crippen LogP contribution is -2.60. The number of nitrogens with one attached hydrogen (secondary N) is 2. The van der Waals surface area contributed by atoms with Crippen LogP contribution in [0.1, 0.15) is 96.5 Å². The fourth-order valence-corrected chi connectivity index (χ4v) is 7.30. The Labute approximate surface area is 224 Å². The van der Waals surface area contributed by atoms with Gasteiger partial charge in [0, 0.05) is 24.1 Å². The topological polar surface area (TPSA) is 76.7 Å². The summed E-state index contributed by atoms with van der Waals surface area (Å²) in [4.78, 5) is 26.2. The summed E-state index contributed by atoms with van der Waals surface area (Å²) in [5, 5.41) is 6.63. The minimum Gasteiger partial charge on any atom is -0.497 e. The van der Waals surface area contributed by atoms with E-state index >= 15 is 0 Å². The van der Waals surface area contributed by atoms with Crippen molar-refractivity contribution in [2.75, 3.05) is 20.2 Å². The molecule has 1 aromatic rings. The van der Waals surface area contributed by atoms with E-state index in [2.05, 4.69) is 38.3 Å². The van der Waals surface area contributed by atoms with E-state index in [0.717, 1.165) is 42.7 Å². The number of ether oxygens (including phenoxy) is 2. The van der Waals surface area contributed by atoms with Gasteiger partial charge in [0.1, 0.15) is 11.4 Å². The predicted molar refractivity (Wildman–Crippen MR) is 149 cm³/mol. The number of carbonyl (C=O) groups is 2. The molecule has 2 fully saturated rings. The predicted octanol–water partition coefficient (Wildman–Crippen LogP) is 6.55. The molecule has 6 nitrogen and oxygen atoms in total. The molecule has 0 bridgehead atoms. The van der Waals surface area contributed by atoms with Gasteiger partial charge in [0.25, 0.3) is 0 Å². The quantitative estimate of drug-likeness (QED) is 0.304. The Kier molecular flexibility index (Phi) is 9.04. The SMILES string of the molecule is COc1cc(C)cc(C(=O)C2C(C)C(NCCCNC(=O)OC(C)(C)C)CC3C(C)(C)CCCC23C)c1. The number of benzene rings is 1. The standard InChI is InChI=1S/C31H50N2O4/c1-20-16-22(18-23(17-20)36-9)27(34)26-21(2)24(19-25-30(6,7)12-10-13-31(25,26)8)32-14-11-15-33-28(35)37-29(3,4)5/h16-18,21,24-26,32H,10-15,19H2,1-9H3,(H,33,35). The third-order valence-electron chi connectivity index (χ3n) is 8.92. The Morgan fingerprint density at radius 2 is 1.78 bits per heavy atom. The smallest absolute Gasteiger partial charge is 0.407 e. The van der Waals surface area contributed by atoms with E-state index in [9.17, 15) is 9.59 Å². The van der Waals surface area contributed by atoms with Crippen molar-refractivity contribution < 1.29 is 19.1 Å². The lowest BCUT2D eigenvalue weighted by atomic mass is 9.45. The van der Waals surface area contributed by atoms with Gasteiger partial charge in [-0.05, 0) is 106 Å². The number of hydrogen-bond acceptors (Lipinski definition) is 5. The van der Waals surface area contributed by atoms with Crippen molar-refractivity contribution in [1.82, 2.24) is 10.6 Å². The van der Waals surface area contributed by atoms with E-state index in [4.69, 9.17) is 9.47 Å². The maximum absolute atomic E-state index is 14.3. The van der Waals surface area contributed by atoms with Crippen molar-refractivity contribution in [3.63, 3.8) is 0 Å². The fourth-order valence-electron chi connectivity index (χ4n) is 7.30.